The van der Waals surface area contributed by atoms with Crippen LogP contribution in [0.3, 0.4) is 0 Å². The predicted molar refractivity (Wildman–Crippen MR) is 62.3 cm³/mol. The molecule has 0 bridgehead atoms. The first-order chi connectivity index (χ1) is 8.22. The van der Waals surface area contributed by atoms with E-state index in [-0.39, 0.29) is 23.3 Å². The summed E-state index contributed by atoms with van der Waals surface area (Å²) in [5.41, 5.74) is 0.259. The highest BCUT2D eigenvalue weighted by Crippen LogP contribution is 2.18. The number of aromatic nitrogens is 1. The Morgan fingerprint density at radius 2 is 2.53 bits per heavy atom. The largest absolute Gasteiger partial charge is 0.505 e. The normalized spacial score (nSPS) is 20.3. The summed E-state index contributed by atoms with van der Waals surface area (Å²) in [5.74, 6) is 0.0290. The van der Waals surface area contributed by atoms with Crippen molar-refractivity contribution >= 4 is 17.5 Å². The molecule has 17 heavy (non-hydrogen) atoms. The van der Waals surface area contributed by atoms with Crippen LogP contribution in [0.2, 0.25) is 0 Å². The van der Waals surface area contributed by atoms with Crippen LogP contribution in [0, 0.1) is 0 Å². The van der Waals surface area contributed by atoms with Gasteiger partial charge in [-0.05, 0) is 6.07 Å². The number of morpholine rings is 1. The summed E-state index contributed by atoms with van der Waals surface area (Å²) in [6.07, 6.45) is 2.59. The molecule has 1 N–H and O–H groups in total. The second-order valence-corrected chi connectivity index (χ2v) is 4.10. The summed E-state index contributed by atoms with van der Waals surface area (Å²) in [4.78, 5) is 17.5. The molecule has 2 rings (SSSR count). The smallest absolute Gasteiger partial charge is 0.257 e. The van der Waals surface area contributed by atoms with Gasteiger partial charge in [-0.2, -0.15) is 0 Å². The number of aromatic hydroxyl groups is 1. The van der Waals surface area contributed by atoms with Gasteiger partial charge in [0.15, 0.2) is 0 Å². The average Bonchev–Trinajstić information content (AvgIpc) is 2.38. The molecule has 1 aromatic rings. The van der Waals surface area contributed by atoms with Crippen LogP contribution < -0.4 is 0 Å². The number of hydrogen-bond donors (Lipinski definition) is 1. The van der Waals surface area contributed by atoms with E-state index in [4.69, 9.17) is 16.3 Å². The lowest BCUT2D eigenvalue weighted by Gasteiger charge is -2.32. The maximum atomic E-state index is 12.1. The predicted octanol–water partition coefficient (Wildman–Crippen LogP) is 0.867. The van der Waals surface area contributed by atoms with Crippen molar-refractivity contribution < 1.29 is 14.6 Å². The SMILES string of the molecule is O=C(c1ccncc1O)N1CCOC(CCl)C1. The number of rotatable bonds is 2. The Hall–Kier alpha value is -1.33. The van der Waals surface area contributed by atoms with E-state index in [0.29, 0.717) is 25.6 Å². The van der Waals surface area contributed by atoms with Crippen molar-refractivity contribution in [1.82, 2.24) is 9.88 Å². The van der Waals surface area contributed by atoms with Gasteiger partial charge >= 0.3 is 0 Å². The maximum absolute atomic E-state index is 12.1. The molecular formula is C11H13ClN2O3. The van der Waals surface area contributed by atoms with Gasteiger partial charge in [0.2, 0.25) is 0 Å². The highest BCUT2D eigenvalue weighted by molar-refractivity contribution is 6.18. The fourth-order valence-electron chi connectivity index (χ4n) is 1.73. The highest BCUT2D eigenvalue weighted by Gasteiger charge is 2.25. The van der Waals surface area contributed by atoms with E-state index < -0.39 is 0 Å². The van der Waals surface area contributed by atoms with Gasteiger partial charge in [-0.3, -0.25) is 9.78 Å². The van der Waals surface area contributed by atoms with E-state index in [1.54, 1.807) is 4.90 Å². The summed E-state index contributed by atoms with van der Waals surface area (Å²) >= 11 is 5.71. The number of ether oxygens (including phenoxy) is 1. The van der Waals surface area contributed by atoms with E-state index in [1.165, 1.54) is 18.5 Å². The van der Waals surface area contributed by atoms with Gasteiger partial charge in [0, 0.05) is 19.3 Å². The number of pyridine rings is 1. The Balaban J connectivity index is 2.12. The topological polar surface area (TPSA) is 62.7 Å². The van der Waals surface area contributed by atoms with Crippen molar-refractivity contribution in [3.63, 3.8) is 0 Å². The third-order valence-corrected chi connectivity index (χ3v) is 2.97. The zero-order valence-electron chi connectivity index (χ0n) is 9.17. The Morgan fingerprint density at radius 3 is 3.24 bits per heavy atom. The molecule has 2 heterocycles. The monoisotopic (exact) mass is 256 g/mol. The molecule has 1 aliphatic heterocycles. The van der Waals surface area contributed by atoms with Crippen LogP contribution >= 0.6 is 11.6 Å². The fraction of sp³-hybridized carbons (Fsp3) is 0.455. The lowest BCUT2D eigenvalue weighted by molar-refractivity contribution is -0.0109. The minimum absolute atomic E-state index is 0.105. The number of hydrogen-bond acceptors (Lipinski definition) is 4. The van der Waals surface area contributed by atoms with Crippen molar-refractivity contribution in [3.05, 3.63) is 24.0 Å². The van der Waals surface area contributed by atoms with Crippen LogP contribution in [0.15, 0.2) is 18.5 Å². The molecule has 5 nitrogen and oxygen atoms in total. The molecule has 1 aliphatic rings. The molecular weight excluding hydrogens is 244 g/mol. The minimum atomic E-state index is -0.219. The van der Waals surface area contributed by atoms with Gasteiger partial charge in [-0.1, -0.05) is 0 Å². The number of halogens is 1. The number of carbonyl (C=O) groups is 1. The second-order valence-electron chi connectivity index (χ2n) is 3.79. The summed E-state index contributed by atoms with van der Waals surface area (Å²) in [5, 5.41) is 9.57. The zero-order chi connectivity index (χ0) is 12.3. The number of nitrogens with zero attached hydrogens (tertiary/aromatic N) is 2. The molecule has 0 aromatic carbocycles. The molecule has 0 saturated carbocycles. The summed E-state index contributed by atoms with van der Waals surface area (Å²) in [7, 11) is 0. The average molecular weight is 257 g/mol. The van der Waals surface area contributed by atoms with Crippen LogP contribution in [0.1, 0.15) is 10.4 Å². The molecule has 92 valence electrons. The van der Waals surface area contributed by atoms with Gasteiger partial charge in [0.25, 0.3) is 5.91 Å². The molecule has 1 fully saturated rings. The van der Waals surface area contributed by atoms with Gasteiger partial charge < -0.3 is 14.7 Å². The van der Waals surface area contributed by atoms with E-state index in [9.17, 15) is 9.90 Å². The van der Waals surface area contributed by atoms with Crippen LogP contribution in [0.5, 0.6) is 5.75 Å². The highest BCUT2D eigenvalue weighted by atomic mass is 35.5. The van der Waals surface area contributed by atoms with E-state index in [2.05, 4.69) is 4.98 Å². The number of alkyl halides is 1. The molecule has 0 aliphatic carbocycles. The first kappa shape index (κ1) is 12.1. The molecule has 1 aromatic heterocycles. The van der Waals surface area contributed by atoms with Crippen molar-refractivity contribution in [2.45, 2.75) is 6.10 Å². The van der Waals surface area contributed by atoms with E-state index >= 15 is 0 Å². The van der Waals surface area contributed by atoms with Gasteiger partial charge in [0.1, 0.15) is 5.75 Å². The lowest BCUT2D eigenvalue weighted by atomic mass is 10.2. The first-order valence-corrected chi connectivity index (χ1v) is 5.85. The number of carbonyl (C=O) groups excluding carboxylic acids is 1. The number of amides is 1. The van der Waals surface area contributed by atoms with Crippen LogP contribution in [-0.2, 0) is 4.74 Å². The Labute approximate surface area is 104 Å². The molecule has 0 radical (unpaired) electrons. The zero-order valence-corrected chi connectivity index (χ0v) is 9.93. The van der Waals surface area contributed by atoms with Gasteiger partial charge in [-0.15, -0.1) is 11.6 Å². The van der Waals surface area contributed by atoms with Crippen LogP contribution in [0.25, 0.3) is 0 Å². The van der Waals surface area contributed by atoms with Gasteiger partial charge in [0.05, 0.1) is 30.4 Å². The standard InChI is InChI=1S/C11H13ClN2O3/c12-5-8-7-14(3-4-17-8)11(16)9-1-2-13-6-10(9)15/h1-2,6,8,15H,3-5,7H2. The minimum Gasteiger partial charge on any atom is -0.505 e. The Morgan fingerprint density at radius 1 is 1.71 bits per heavy atom. The molecule has 1 unspecified atom stereocenters. The second kappa shape index (κ2) is 5.33. The van der Waals surface area contributed by atoms with E-state index in [1.807, 2.05) is 0 Å². The van der Waals surface area contributed by atoms with Crippen molar-refractivity contribution in [2.75, 3.05) is 25.6 Å². The molecule has 6 heteroatoms. The summed E-state index contributed by atoms with van der Waals surface area (Å²) in [6.45, 7) is 1.42. The maximum Gasteiger partial charge on any atom is 0.257 e. The van der Waals surface area contributed by atoms with Crippen LogP contribution in [-0.4, -0.2) is 52.6 Å². The van der Waals surface area contributed by atoms with Crippen molar-refractivity contribution in [2.24, 2.45) is 0 Å². The molecule has 0 spiro atoms. The lowest BCUT2D eigenvalue weighted by Crippen LogP contribution is -2.46. The molecule has 1 amide bonds. The fourth-order valence-corrected chi connectivity index (χ4v) is 1.92. The van der Waals surface area contributed by atoms with Gasteiger partial charge in [-0.25, -0.2) is 0 Å². The third kappa shape index (κ3) is 2.68. The van der Waals surface area contributed by atoms with Crippen molar-refractivity contribution in [1.29, 1.82) is 0 Å². The summed E-state index contributed by atoms with van der Waals surface area (Å²) < 4.78 is 5.37. The van der Waals surface area contributed by atoms with Crippen molar-refractivity contribution in [3.8, 4) is 5.75 Å². The molecule has 1 atom stereocenters. The first-order valence-electron chi connectivity index (χ1n) is 5.32. The molecule has 1 saturated heterocycles. The van der Waals surface area contributed by atoms with Crippen LogP contribution in [0.4, 0.5) is 0 Å². The third-order valence-electron chi connectivity index (χ3n) is 2.63. The Kier molecular flexibility index (Phi) is 3.81. The van der Waals surface area contributed by atoms with E-state index in [0.717, 1.165) is 0 Å². The Bertz CT molecular complexity index is 413. The summed E-state index contributed by atoms with van der Waals surface area (Å²) in [6, 6.07) is 1.50. The quantitative estimate of drug-likeness (QED) is 0.798.